The molecule has 2 atom stereocenters. The van der Waals surface area contributed by atoms with Crippen LogP contribution in [0.2, 0.25) is 0 Å². The van der Waals surface area contributed by atoms with E-state index in [0.29, 0.717) is 5.54 Å². The van der Waals surface area contributed by atoms with Gasteiger partial charge in [0, 0.05) is 30.7 Å². The molecule has 1 N–H and O–H groups in total. The van der Waals surface area contributed by atoms with Crippen LogP contribution in [-0.4, -0.2) is 35.6 Å². The maximum Gasteiger partial charge on any atom is 0.0125 e. The van der Waals surface area contributed by atoms with Crippen LogP contribution in [0.3, 0.4) is 0 Å². The predicted molar refractivity (Wildman–Crippen MR) is 74.3 cm³/mol. The summed E-state index contributed by atoms with van der Waals surface area (Å²) in [6, 6.07) is 1.58. The Morgan fingerprint density at radius 2 is 1.65 bits per heavy atom. The summed E-state index contributed by atoms with van der Waals surface area (Å²) >= 11 is 0. The molecule has 1 heterocycles. The molecule has 2 rings (SSSR count). The average molecular weight is 238 g/mol. The second kappa shape index (κ2) is 5.27. The van der Waals surface area contributed by atoms with Crippen molar-refractivity contribution in [3.63, 3.8) is 0 Å². The largest absolute Gasteiger partial charge is 0.311 e. The van der Waals surface area contributed by atoms with Gasteiger partial charge in [0.15, 0.2) is 0 Å². The number of rotatable bonds is 2. The van der Waals surface area contributed by atoms with E-state index in [2.05, 4.69) is 37.9 Å². The van der Waals surface area contributed by atoms with E-state index in [4.69, 9.17) is 0 Å². The van der Waals surface area contributed by atoms with Gasteiger partial charge in [0.05, 0.1) is 0 Å². The van der Waals surface area contributed by atoms with Crippen LogP contribution in [0.5, 0.6) is 0 Å². The Morgan fingerprint density at radius 3 is 2.12 bits per heavy atom. The van der Waals surface area contributed by atoms with E-state index in [1.165, 1.54) is 45.2 Å². The third-order valence-electron chi connectivity index (χ3n) is 4.75. The van der Waals surface area contributed by atoms with Crippen molar-refractivity contribution < 1.29 is 0 Å². The Hall–Kier alpha value is -0.0800. The molecule has 100 valence electrons. The fourth-order valence-corrected chi connectivity index (χ4v) is 3.41. The molecule has 17 heavy (non-hydrogen) atoms. The van der Waals surface area contributed by atoms with Gasteiger partial charge in [-0.2, -0.15) is 0 Å². The van der Waals surface area contributed by atoms with Crippen LogP contribution in [0.25, 0.3) is 0 Å². The second-order valence-corrected chi connectivity index (χ2v) is 7.11. The molecule has 2 fully saturated rings. The summed E-state index contributed by atoms with van der Waals surface area (Å²) in [4.78, 5) is 2.63. The lowest BCUT2D eigenvalue weighted by Gasteiger charge is -2.42. The Balaban J connectivity index is 1.76. The summed E-state index contributed by atoms with van der Waals surface area (Å²) in [5.74, 6) is 0.899. The summed E-state index contributed by atoms with van der Waals surface area (Å²) in [6.07, 6.45) is 6.93. The molecule has 0 aromatic rings. The first kappa shape index (κ1) is 13.4. The van der Waals surface area contributed by atoms with Crippen molar-refractivity contribution in [2.45, 2.75) is 77.4 Å². The van der Waals surface area contributed by atoms with Gasteiger partial charge in [0.2, 0.25) is 0 Å². The second-order valence-electron chi connectivity index (χ2n) is 7.11. The number of nitrogens with one attached hydrogen (secondary N) is 1. The van der Waals surface area contributed by atoms with E-state index in [-0.39, 0.29) is 0 Å². The van der Waals surface area contributed by atoms with Gasteiger partial charge in [-0.05, 0) is 52.4 Å². The molecule has 2 heteroatoms. The zero-order chi connectivity index (χ0) is 12.5. The topological polar surface area (TPSA) is 15.3 Å². The first-order valence-corrected chi connectivity index (χ1v) is 7.48. The molecule has 0 aromatic carbocycles. The third-order valence-corrected chi connectivity index (χ3v) is 4.75. The van der Waals surface area contributed by atoms with Crippen LogP contribution in [0.1, 0.15) is 59.8 Å². The van der Waals surface area contributed by atoms with Crippen molar-refractivity contribution >= 4 is 0 Å². The molecule has 0 amide bonds. The van der Waals surface area contributed by atoms with Crippen LogP contribution >= 0.6 is 0 Å². The van der Waals surface area contributed by atoms with Gasteiger partial charge in [0.1, 0.15) is 0 Å². The number of nitrogens with zero attached hydrogens (tertiary/aromatic N) is 1. The highest BCUT2D eigenvalue weighted by atomic mass is 15.2. The van der Waals surface area contributed by atoms with Gasteiger partial charge in [-0.3, -0.25) is 4.90 Å². The first-order chi connectivity index (χ1) is 7.97. The molecular formula is C15H30N2. The van der Waals surface area contributed by atoms with Gasteiger partial charge < -0.3 is 5.32 Å². The standard InChI is InChI=1S/C15H30N2/c1-12-6-5-7-14(12)16-13-8-10-17(11-9-13)15(2,3)4/h12-14,16H,5-11H2,1-4H3. The molecule has 1 saturated carbocycles. The minimum Gasteiger partial charge on any atom is -0.311 e. The van der Waals surface area contributed by atoms with Gasteiger partial charge >= 0.3 is 0 Å². The lowest BCUT2D eigenvalue weighted by Crippen LogP contribution is -2.51. The summed E-state index contributed by atoms with van der Waals surface area (Å²) in [7, 11) is 0. The van der Waals surface area contributed by atoms with Gasteiger partial charge in [0.25, 0.3) is 0 Å². The molecule has 1 aliphatic carbocycles. The number of piperidine rings is 1. The van der Waals surface area contributed by atoms with Gasteiger partial charge in [-0.1, -0.05) is 13.3 Å². The van der Waals surface area contributed by atoms with Crippen molar-refractivity contribution in [3.8, 4) is 0 Å². The van der Waals surface area contributed by atoms with Crippen LogP contribution in [0, 0.1) is 5.92 Å². The smallest absolute Gasteiger partial charge is 0.0125 e. The molecule has 2 unspecified atom stereocenters. The lowest BCUT2D eigenvalue weighted by molar-refractivity contribution is 0.0926. The van der Waals surface area contributed by atoms with Crippen molar-refractivity contribution in [1.82, 2.24) is 10.2 Å². The fraction of sp³-hybridized carbons (Fsp3) is 1.00. The molecule has 0 spiro atoms. The molecule has 0 radical (unpaired) electrons. The molecule has 2 nitrogen and oxygen atoms in total. The summed E-state index contributed by atoms with van der Waals surface area (Å²) in [6.45, 7) is 11.9. The maximum atomic E-state index is 3.91. The summed E-state index contributed by atoms with van der Waals surface area (Å²) in [5, 5.41) is 3.91. The molecule has 0 aromatic heterocycles. The van der Waals surface area contributed by atoms with Crippen LogP contribution < -0.4 is 5.32 Å². The van der Waals surface area contributed by atoms with E-state index in [9.17, 15) is 0 Å². The van der Waals surface area contributed by atoms with Crippen molar-refractivity contribution in [3.05, 3.63) is 0 Å². The molecule has 2 aliphatic rings. The SMILES string of the molecule is CC1CCCC1NC1CCN(C(C)(C)C)CC1. The minimum absolute atomic E-state index is 0.353. The zero-order valence-corrected chi connectivity index (χ0v) is 12.1. The van der Waals surface area contributed by atoms with E-state index >= 15 is 0 Å². The van der Waals surface area contributed by atoms with Crippen molar-refractivity contribution in [2.24, 2.45) is 5.92 Å². The lowest BCUT2D eigenvalue weighted by atomic mass is 9.96. The van der Waals surface area contributed by atoms with E-state index in [1.807, 2.05) is 0 Å². The van der Waals surface area contributed by atoms with Crippen molar-refractivity contribution in [2.75, 3.05) is 13.1 Å². The van der Waals surface area contributed by atoms with E-state index < -0.39 is 0 Å². The third kappa shape index (κ3) is 3.45. The Morgan fingerprint density at radius 1 is 1.00 bits per heavy atom. The Labute approximate surface area is 107 Å². The van der Waals surface area contributed by atoms with Gasteiger partial charge in [-0.15, -0.1) is 0 Å². The predicted octanol–water partition coefficient (Wildman–Crippen LogP) is 3.03. The van der Waals surface area contributed by atoms with Crippen molar-refractivity contribution in [1.29, 1.82) is 0 Å². The molecule has 1 saturated heterocycles. The molecule has 0 bridgehead atoms. The normalized spacial score (nSPS) is 33.2. The van der Waals surface area contributed by atoms with Crippen LogP contribution in [-0.2, 0) is 0 Å². The summed E-state index contributed by atoms with van der Waals surface area (Å²) < 4.78 is 0. The van der Waals surface area contributed by atoms with E-state index in [0.717, 1.165) is 18.0 Å². The minimum atomic E-state index is 0.353. The van der Waals surface area contributed by atoms with Gasteiger partial charge in [-0.25, -0.2) is 0 Å². The van der Waals surface area contributed by atoms with Crippen LogP contribution in [0.15, 0.2) is 0 Å². The van der Waals surface area contributed by atoms with Crippen LogP contribution in [0.4, 0.5) is 0 Å². The monoisotopic (exact) mass is 238 g/mol. The maximum absolute atomic E-state index is 3.91. The Bertz CT molecular complexity index is 236. The first-order valence-electron chi connectivity index (χ1n) is 7.48. The number of hydrogen-bond donors (Lipinski definition) is 1. The Kier molecular flexibility index (Phi) is 4.14. The zero-order valence-electron chi connectivity index (χ0n) is 12.1. The highest BCUT2D eigenvalue weighted by molar-refractivity contribution is 4.88. The summed E-state index contributed by atoms with van der Waals surface area (Å²) in [5.41, 5.74) is 0.353. The quantitative estimate of drug-likeness (QED) is 0.795. The number of hydrogen-bond acceptors (Lipinski definition) is 2. The fourth-order valence-electron chi connectivity index (χ4n) is 3.41. The average Bonchev–Trinajstić information content (AvgIpc) is 2.64. The molecular weight excluding hydrogens is 208 g/mol. The number of likely N-dealkylation sites (tertiary alicyclic amines) is 1. The highest BCUT2D eigenvalue weighted by Crippen LogP contribution is 2.27. The molecule has 1 aliphatic heterocycles. The van der Waals surface area contributed by atoms with E-state index in [1.54, 1.807) is 0 Å². The highest BCUT2D eigenvalue weighted by Gasteiger charge is 2.30.